The van der Waals surface area contributed by atoms with Crippen LogP contribution in [0.15, 0.2) is 34.3 Å². The highest BCUT2D eigenvalue weighted by Crippen LogP contribution is 2.28. The van der Waals surface area contributed by atoms with Gasteiger partial charge in [0.15, 0.2) is 0 Å². The molecule has 15 heavy (non-hydrogen) atoms. The van der Waals surface area contributed by atoms with E-state index in [1.165, 1.54) is 10.4 Å². The average Bonchev–Trinajstić information content (AvgIpc) is 2.85. The lowest BCUT2D eigenvalue weighted by molar-refractivity contribution is 0.521. The Morgan fingerprint density at radius 2 is 2.33 bits per heavy atom. The van der Waals surface area contributed by atoms with Crippen LogP contribution in [0.25, 0.3) is 0 Å². The van der Waals surface area contributed by atoms with Crippen LogP contribution in [0.1, 0.15) is 29.2 Å². The summed E-state index contributed by atoms with van der Waals surface area (Å²) in [6.45, 7) is 5.08. The summed E-state index contributed by atoms with van der Waals surface area (Å²) >= 11 is 1.77. The molecule has 80 valence electrons. The van der Waals surface area contributed by atoms with Crippen molar-refractivity contribution in [2.24, 2.45) is 0 Å². The van der Waals surface area contributed by atoms with Crippen molar-refractivity contribution in [2.45, 2.75) is 19.9 Å². The standard InChI is InChI=1S/C12H15NOS/c1-3-13-12(11-5-4-8-15-11)10-6-7-14-9(10)2/h4-8,12-13H,3H2,1-2H3. The van der Waals surface area contributed by atoms with Crippen LogP contribution in [-0.4, -0.2) is 6.54 Å². The molecular formula is C12H15NOS. The Morgan fingerprint density at radius 1 is 1.47 bits per heavy atom. The zero-order valence-corrected chi connectivity index (χ0v) is 9.80. The highest BCUT2D eigenvalue weighted by atomic mass is 32.1. The highest BCUT2D eigenvalue weighted by molar-refractivity contribution is 7.10. The summed E-state index contributed by atoms with van der Waals surface area (Å²) < 4.78 is 5.35. The van der Waals surface area contributed by atoms with Gasteiger partial charge >= 0.3 is 0 Å². The third kappa shape index (κ3) is 2.13. The fourth-order valence-electron chi connectivity index (χ4n) is 1.72. The smallest absolute Gasteiger partial charge is 0.105 e. The van der Waals surface area contributed by atoms with Crippen molar-refractivity contribution in [2.75, 3.05) is 6.54 Å². The topological polar surface area (TPSA) is 25.2 Å². The van der Waals surface area contributed by atoms with Crippen molar-refractivity contribution >= 4 is 11.3 Å². The normalized spacial score (nSPS) is 12.9. The molecule has 0 aliphatic rings. The fraction of sp³-hybridized carbons (Fsp3) is 0.333. The lowest BCUT2D eigenvalue weighted by Gasteiger charge is -2.15. The Kier molecular flexibility index (Phi) is 3.23. The number of thiophene rings is 1. The summed E-state index contributed by atoms with van der Waals surface area (Å²) in [4.78, 5) is 1.33. The maximum absolute atomic E-state index is 5.35. The van der Waals surface area contributed by atoms with Gasteiger partial charge < -0.3 is 9.73 Å². The molecule has 0 aromatic carbocycles. The molecule has 0 fully saturated rings. The zero-order chi connectivity index (χ0) is 10.7. The quantitative estimate of drug-likeness (QED) is 0.856. The first-order valence-electron chi connectivity index (χ1n) is 5.13. The van der Waals surface area contributed by atoms with Gasteiger partial charge in [-0.3, -0.25) is 0 Å². The summed E-state index contributed by atoms with van der Waals surface area (Å²) in [7, 11) is 0. The summed E-state index contributed by atoms with van der Waals surface area (Å²) in [5.41, 5.74) is 1.24. The number of rotatable bonds is 4. The molecule has 0 aliphatic heterocycles. The Balaban J connectivity index is 2.32. The maximum Gasteiger partial charge on any atom is 0.105 e. The molecule has 0 saturated carbocycles. The van der Waals surface area contributed by atoms with E-state index < -0.39 is 0 Å². The molecule has 2 aromatic heterocycles. The van der Waals surface area contributed by atoms with Crippen LogP contribution in [0.2, 0.25) is 0 Å². The molecule has 1 atom stereocenters. The largest absolute Gasteiger partial charge is 0.469 e. The molecule has 0 saturated heterocycles. The first-order chi connectivity index (χ1) is 7.33. The van der Waals surface area contributed by atoms with Gasteiger partial charge in [0.2, 0.25) is 0 Å². The van der Waals surface area contributed by atoms with E-state index in [4.69, 9.17) is 4.42 Å². The second-order valence-corrected chi connectivity index (χ2v) is 4.42. The molecule has 0 spiro atoms. The Morgan fingerprint density at radius 3 is 2.87 bits per heavy atom. The lowest BCUT2D eigenvalue weighted by atomic mass is 10.1. The number of nitrogens with one attached hydrogen (secondary N) is 1. The molecule has 2 nitrogen and oxygen atoms in total. The summed E-state index contributed by atoms with van der Waals surface area (Å²) in [6.07, 6.45) is 1.75. The average molecular weight is 221 g/mol. The summed E-state index contributed by atoms with van der Waals surface area (Å²) in [5.74, 6) is 0.995. The van der Waals surface area contributed by atoms with Gasteiger partial charge in [-0.2, -0.15) is 0 Å². The first kappa shape index (κ1) is 10.5. The van der Waals surface area contributed by atoms with Crippen molar-refractivity contribution in [3.8, 4) is 0 Å². The van der Waals surface area contributed by atoms with E-state index in [0.717, 1.165) is 12.3 Å². The molecule has 0 aliphatic carbocycles. The molecule has 1 N–H and O–H groups in total. The van der Waals surface area contributed by atoms with Gasteiger partial charge in [0.1, 0.15) is 5.76 Å². The van der Waals surface area contributed by atoms with Gasteiger partial charge in [-0.15, -0.1) is 11.3 Å². The van der Waals surface area contributed by atoms with Gasteiger partial charge in [0.25, 0.3) is 0 Å². The maximum atomic E-state index is 5.35. The van der Waals surface area contributed by atoms with E-state index in [1.807, 2.05) is 13.0 Å². The van der Waals surface area contributed by atoms with Crippen LogP contribution in [0.4, 0.5) is 0 Å². The van der Waals surface area contributed by atoms with Crippen LogP contribution < -0.4 is 5.32 Å². The minimum atomic E-state index is 0.272. The van der Waals surface area contributed by atoms with Crippen molar-refractivity contribution in [1.82, 2.24) is 5.32 Å². The van der Waals surface area contributed by atoms with Crippen molar-refractivity contribution in [3.63, 3.8) is 0 Å². The second kappa shape index (κ2) is 4.64. The predicted molar refractivity (Wildman–Crippen MR) is 63.3 cm³/mol. The van der Waals surface area contributed by atoms with Gasteiger partial charge in [-0.1, -0.05) is 13.0 Å². The third-order valence-corrected chi connectivity index (χ3v) is 3.38. The number of furan rings is 1. The fourth-order valence-corrected chi connectivity index (χ4v) is 2.54. The van der Waals surface area contributed by atoms with E-state index in [9.17, 15) is 0 Å². The van der Waals surface area contributed by atoms with Crippen molar-refractivity contribution < 1.29 is 4.42 Å². The third-order valence-electron chi connectivity index (χ3n) is 2.45. The summed E-state index contributed by atoms with van der Waals surface area (Å²) in [6, 6.07) is 6.56. The predicted octanol–water partition coefficient (Wildman–Crippen LogP) is 3.35. The van der Waals surface area contributed by atoms with Crippen molar-refractivity contribution in [3.05, 3.63) is 46.0 Å². The first-order valence-corrected chi connectivity index (χ1v) is 6.01. The second-order valence-electron chi connectivity index (χ2n) is 3.44. The molecule has 0 amide bonds. The Hall–Kier alpha value is -1.06. The molecule has 0 radical (unpaired) electrons. The van der Waals surface area contributed by atoms with Gasteiger partial charge in [-0.05, 0) is 31.0 Å². The highest BCUT2D eigenvalue weighted by Gasteiger charge is 2.17. The minimum Gasteiger partial charge on any atom is -0.469 e. The van der Waals surface area contributed by atoms with Gasteiger partial charge in [-0.25, -0.2) is 0 Å². The van der Waals surface area contributed by atoms with Gasteiger partial charge in [0, 0.05) is 10.4 Å². The molecule has 2 rings (SSSR count). The van der Waals surface area contributed by atoms with E-state index in [1.54, 1.807) is 17.6 Å². The molecular weight excluding hydrogens is 206 g/mol. The van der Waals surface area contributed by atoms with Gasteiger partial charge in [0.05, 0.1) is 12.3 Å². The zero-order valence-electron chi connectivity index (χ0n) is 8.99. The van der Waals surface area contributed by atoms with E-state index in [0.29, 0.717) is 0 Å². The Labute approximate surface area is 93.9 Å². The molecule has 1 unspecified atom stereocenters. The van der Waals surface area contributed by atoms with Crippen molar-refractivity contribution in [1.29, 1.82) is 0 Å². The number of hydrogen-bond donors (Lipinski definition) is 1. The van der Waals surface area contributed by atoms with Crippen LogP contribution >= 0.6 is 11.3 Å². The minimum absolute atomic E-state index is 0.272. The molecule has 2 heterocycles. The van der Waals surface area contributed by atoms with Crippen LogP contribution in [0, 0.1) is 6.92 Å². The Bertz CT molecular complexity index is 405. The SMILES string of the molecule is CCNC(c1cccs1)c1ccoc1C. The molecule has 3 heteroatoms. The summed E-state index contributed by atoms with van der Waals surface area (Å²) in [5, 5.41) is 5.58. The van der Waals surface area contributed by atoms with E-state index >= 15 is 0 Å². The van der Waals surface area contributed by atoms with E-state index in [2.05, 4.69) is 29.8 Å². The van der Waals surface area contributed by atoms with Crippen LogP contribution in [-0.2, 0) is 0 Å². The number of aryl methyl sites for hydroxylation is 1. The monoisotopic (exact) mass is 221 g/mol. The van der Waals surface area contributed by atoms with Crippen LogP contribution in [0.3, 0.4) is 0 Å². The molecule has 2 aromatic rings. The van der Waals surface area contributed by atoms with Crippen LogP contribution in [0.5, 0.6) is 0 Å². The lowest BCUT2D eigenvalue weighted by Crippen LogP contribution is -2.21. The molecule has 0 bridgehead atoms. The number of hydrogen-bond acceptors (Lipinski definition) is 3. The van der Waals surface area contributed by atoms with E-state index in [-0.39, 0.29) is 6.04 Å².